The van der Waals surface area contributed by atoms with Gasteiger partial charge in [-0.05, 0) is 30.5 Å². The van der Waals surface area contributed by atoms with Crippen molar-refractivity contribution in [2.45, 2.75) is 38.8 Å². The van der Waals surface area contributed by atoms with E-state index < -0.39 is 6.61 Å². The molecule has 0 saturated carbocycles. The van der Waals surface area contributed by atoms with Crippen molar-refractivity contribution < 1.29 is 13.5 Å². The molecule has 1 rings (SSSR count). The van der Waals surface area contributed by atoms with Crippen LogP contribution in [0.3, 0.4) is 0 Å². The zero-order valence-corrected chi connectivity index (χ0v) is 9.54. The van der Waals surface area contributed by atoms with E-state index in [0.29, 0.717) is 0 Å². The molecule has 1 aromatic rings. The van der Waals surface area contributed by atoms with Gasteiger partial charge in [0.2, 0.25) is 0 Å². The fourth-order valence-electron chi connectivity index (χ4n) is 1.63. The summed E-state index contributed by atoms with van der Waals surface area (Å²) in [5.74, 6) is 0.160. The second kappa shape index (κ2) is 5.25. The Labute approximate surface area is 94.4 Å². The Hall–Kier alpha value is -1.16. The molecule has 0 bridgehead atoms. The van der Waals surface area contributed by atoms with Crippen molar-refractivity contribution in [3.63, 3.8) is 0 Å². The van der Waals surface area contributed by atoms with Gasteiger partial charge in [0.1, 0.15) is 5.75 Å². The molecule has 0 aliphatic rings. The van der Waals surface area contributed by atoms with Gasteiger partial charge in [0, 0.05) is 5.54 Å². The minimum absolute atomic E-state index is 0.160. The van der Waals surface area contributed by atoms with Gasteiger partial charge in [-0.1, -0.05) is 26.0 Å². The van der Waals surface area contributed by atoms with Crippen LogP contribution >= 0.6 is 0 Å². The fourth-order valence-corrected chi connectivity index (χ4v) is 1.63. The predicted molar refractivity (Wildman–Crippen MR) is 59.5 cm³/mol. The summed E-state index contributed by atoms with van der Waals surface area (Å²) in [7, 11) is 0. The van der Waals surface area contributed by atoms with E-state index in [1.807, 2.05) is 13.8 Å². The highest BCUT2D eigenvalue weighted by atomic mass is 19.3. The van der Waals surface area contributed by atoms with Gasteiger partial charge in [0.15, 0.2) is 0 Å². The third-order valence-electron chi connectivity index (χ3n) is 2.92. The van der Waals surface area contributed by atoms with E-state index in [1.54, 1.807) is 12.1 Å². The predicted octanol–water partition coefficient (Wildman–Crippen LogP) is 3.26. The van der Waals surface area contributed by atoms with Crippen LogP contribution in [0, 0.1) is 0 Å². The highest BCUT2D eigenvalue weighted by molar-refractivity contribution is 5.31. The number of hydrogen-bond acceptors (Lipinski definition) is 2. The largest absolute Gasteiger partial charge is 0.435 e. The maximum absolute atomic E-state index is 11.9. The third kappa shape index (κ3) is 2.92. The molecule has 0 unspecified atom stereocenters. The zero-order chi connectivity index (χ0) is 12.2. The Morgan fingerprint density at radius 3 is 2.06 bits per heavy atom. The van der Waals surface area contributed by atoms with E-state index in [2.05, 4.69) is 4.74 Å². The summed E-state index contributed by atoms with van der Waals surface area (Å²) in [4.78, 5) is 0. The lowest BCUT2D eigenvalue weighted by molar-refractivity contribution is -0.0498. The zero-order valence-electron chi connectivity index (χ0n) is 9.54. The van der Waals surface area contributed by atoms with E-state index in [0.717, 1.165) is 18.4 Å². The molecule has 0 spiro atoms. The first-order valence-electron chi connectivity index (χ1n) is 5.36. The average Bonchev–Trinajstić information content (AvgIpc) is 2.28. The van der Waals surface area contributed by atoms with Gasteiger partial charge < -0.3 is 10.5 Å². The lowest BCUT2D eigenvalue weighted by Crippen LogP contribution is -2.34. The highest BCUT2D eigenvalue weighted by Gasteiger charge is 2.22. The Balaban J connectivity index is 2.85. The van der Waals surface area contributed by atoms with Crippen LogP contribution in [-0.4, -0.2) is 6.61 Å². The molecule has 0 fully saturated rings. The molecule has 1 aromatic carbocycles. The molecular weight excluding hydrogens is 212 g/mol. The topological polar surface area (TPSA) is 35.2 Å². The Bertz CT molecular complexity index is 320. The van der Waals surface area contributed by atoms with Crippen LogP contribution in [0.4, 0.5) is 8.78 Å². The summed E-state index contributed by atoms with van der Waals surface area (Å²) >= 11 is 0. The minimum atomic E-state index is -2.79. The fraction of sp³-hybridized carbons (Fsp3) is 0.500. The number of ether oxygens (including phenoxy) is 1. The molecular formula is C12H17F2NO. The van der Waals surface area contributed by atoms with Gasteiger partial charge in [-0.3, -0.25) is 0 Å². The van der Waals surface area contributed by atoms with E-state index in [-0.39, 0.29) is 11.3 Å². The molecule has 2 nitrogen and oxygen atoms in total. The van der Waals surface area contributed by atoms with E-state index in [4.69, 9.17) is 5.73 Å². The molecule has 0 aliphatic carbocycles. The molecule has 0 heterocycles. The summed E-state index contributed by atoms with van der Waals surface area (Å²) in [5.41, 5.74) is 6.74. The first-order chi connectivity index (χ1) is 7.51. The summed E-state index contributed by atoms with van der Waals surface area (Å²) in [5, 5.41) is 0. The summed E-state index contributed by atoms with van der Waals surface area (Å²) in [6.07, 6.45) is 1.61. The molecule has 0 amide bonds. The van der Waals surface area contributed by atoms with Crippen molar-refractivity contribution in [2.75, 3.05) is 0 Å². The van der Waals surface area contributed by atoms with Crippen LogP contribution in [0.5, 0.6) is 5.75 Å². The van der Waals surface area contributed by atoms with Crippen LogP contribution in [0.2, 0.25) is 0 Å². The molecule has 0 radical (unpaired) electrons. The standard InChI is InChI=1S/C12H17F2NO/c1-3-12(15,4-2)9-5-7-10(8-6-9)16-11(13)14/h5-8,11H,3-4,15H2,1-2H3. The maximum atomic E-state index is 11.9. The lowest BCUT2D eigenvalue weighted by atomic mass is 9.86. The minimum Gasteiger partial charge on any atom is -0.435 e. The Morgan fingerprint density at radius 2 is 1.69 bits per heavy atom. The Kier molecular flexibility index (Phi) is 4.24. The second-order valence-electron chi connectivity index (χ2n) is 3.77. The quantitative estimate of drug-likeness (QED) is 0.841. The molecule has 90 valence electrons. The number of nitrogens with two attached hydrogens (primary N) is 1. The molecule has 16 heavy (non-hydrogen) atoms. The van der Waals surface area contributed by atoms with Gasteiger partial charge in [0.05, 0.1) is 0 Å². The van der Waals surface area contributed by atoms with Crippen molar-refractivity contribution in [1.82, 2.24) is 0 Å². The van der Waals surface area contributed by atoms with Crippen molar-refractivity contribution in [3.8, 4) is 5.75 Å². The monoisotopic (exact) mass is 229 g/mol. The normalized spacial score (nSPS) is 11.9. The summed E-state index contributed by atoms with van der Waals surface area (Å²) < 4.78 is 28.2. The molecule has 0 aromatic heterocycles. The number of benzene rings is 1. The first-order valence-corrected chi connectivity index (χ1v) is 5.36. The van der Waals surface area contributed by atoms with Crippen LogP contribution in [0.15, 0.2) is 24.3 Å². The van der Waals surface area contributed by atoms with Gasteiger partial charge in [-0.25, -0.2) is 0 Å². The summed E-state index contributed by atoms with van der Waals surface area (Å²) in [6.45, 7) is 1.23. The van der Waals surface area contributed by atoms with E-state index in [1.165, 1.54) is 12.1 Å². The second-order valence-corrected chi connectivity index (χ2v) is 3.77. The van der Waals surface area contributed by atoms with Crippen LogP contribution < -0.4 is 10.5 Å². The average molecular weight is 229 g/mol. The van der Waals surface area contributed by atoms with Gasteiger partial charge in [-0.2, -0.15) is 8.78 Å². The van der Waals surface area contributed by atoms with Crippen molar-refractivity contribution in [1.29, 1.82) is 0 Å². The van der Waals surface area contributed by atoms with Crippen molar-refractivity contribution in [3.05, 3.63) is 29.8 Å². The van der Waals surface area contributed by atoms with Crippen molar-refractivity contribution in [2.24, 2.45) is 5.73 Å². The smallest absolute Gasteiger partial charge is 0.387 e. The Morgan fingerprint density at radius 1 is 1.19 bits per heavy atom. The van der Waals surface area contributed by atoms with Gasteiger partial charge >= 0.3 is 6.61 Å². The van der Waals surface area contributed by atoms with Crippen molar-refractivity contribution >= 4 is 0 Å². The highest BCUT2D eigenvalue weighted by Crippen LogP contribution is 2.27. The first kappa shape index (κ1) is 12.9. The number of rotatable bonds is 5. The number of alkyl halides is 2. The number of hydrogen-bond donors (Lipinski definition) is 1. The maximum Gasteiger partial charge on any atom is 0.387 e. The van der Waals surface area contributed by atoms with Crippen LogP contribution in [0.1, 0.15) is 32.3 Å². The number of halogens is 2. The molecule has 0 aliphatic heterocycles. The lowest BCUT2D eigenvalue weighted by Gasteiger charge is -2.27. The van der Waals surface area contributed by atoms with Crippen LogP contribution in [0.25, 0.3) is 0 Å². The third-order valence-corrected chi connectivity index (χ3v) is 2.92. The molecule has 0 atom stereocenters. The SMILES string of the molecule is CCC(N)(CC)c1ccc(OC(F)F)cc1. The molecule has 0 saturated heterocycles. The van der Waals surface area contributed by atoms with Gasteiger partial charge in [0.25, 0.3) is 0 Å². The van der Waals surface area contributed by atoms with Crippen LogP contribution in [-0.2, 0) is 5.54 Å². The molecule has 2 N–H and O–H groups in total. The summed E-state index contributed by atoms with van der Waals surface area (Å²) in [6, 6.07) is 6.53. The van der Waals surface area contributed by atoms with E-state index >= 15 is 0 Å². The molecule has 4 heteroatoms. The van der Waals surface area contributed by atoms with E-state index in [9.17, 15) is 8.78 Å². The van der Waals surface area contributed by atoms with Gasteiger partial charge in [-0.15, -0.1) is 0 Å².